The molecule has 1 unspecified atom stereocenters. The molecule has 0 aromatic heterocycles. The summed E-state index contributed by atoms with van der Waals surface area (Å²) < 4.78 is 0. The standard InChI is InChI=1S/C9H16N2O2.2BrH/c1-2-3-4-5-6-7-8(12)11-9(13)10-7;;/h7H,2-6H2,1H3,(H2,10,11,12,13);2*1H/p-1. The molecular weight excluding hydrogens is 328 g/mol. The topological polar surface area (TPSA) is 62.8 Å². The van der Waals surface area contributed by atoms with Gasteiger partial charge in [0.1, 0.15) is 0 Å². The first kappa shape index (κ1) is 17.5. The van der Waals surface area contributed by atoms with Crippen LogP contribution in [0.25, 0.3) is 0 Å². The van der Waals surface area contributed by atoms with Gasteiger partial charge in [0.15, 0.2) is 6.04 Å². The molecule has 0 bridgehead atoms. The van der Waals surface area contributed by atoms with Gasteiger partial charge in [-0.15, -0.1) is 0 Å². The molecule has 3 N–H and O–H groups in total. The number of primary amides is 1. The van der Waals surface area contributed by atoms with E-state index in [0.717, 1.165) is 19.3 Å². The van der Waals surface area contributed by atoms with Crippen molar-refractivity contribution in [1.29, 1.82) is 0 Å². The van der Waals surface area contributed by atoms with E-state index in [0.29, 0.717) is 0 Å². The van der Waals surface area contributed by atoms with Crippen LogP contribution in [0.15, 0.2) is 0 Å². The zero-order chi connectivity index (χ0) is 9.68. The second-order valence-electron chi connectivity index (χ2n) is 3.48. The molecular formula is C9H17Br2N2O2-. The Morgan fingerprint density at radius 1 is 1.20 bits per heavy atom. The summed E-state index contributed by atoms with van der Waals surface area (Å²) in [4.78, 5) is 21.9. The van der Waals surface area contributed by atoms with Crippen LogP contribution < -0.4 is 44.6 Å². The van der Waals surface area contributed by atoms with Gasteiger partial charge in [-0.05, 0) is 6.42 Å². The average Bonchev–Trinajstić information content (AvgIpc) is 2.39. The van der Waals surface area contributed by atoms with Crippen molar-refractivity contribution in [2.75, 3.05) is 0 Å². The van der Waals surface area contributed by atoms with Crippen LogP contribution in [0, 0.1) is 0 Å². The summed E-state index contributed by atoms with van der Waals surface area (Å²) in [5.41, 5.74) is 0. The number of quaternary nitrogens is 1. The maximum atomic E-state index is 11.1. The van der Waals surface area contributed by atoms with Gasteiger partial charge in [-0.2, -0.15) is 0 Å². The zero-order valence-electron chi connectivity index (χ0n) is 8.76. The summed E-state index contributed by atoms with van der Waals surface area (Å²) in [6, 6.07) is -0.394. The lowest BCUT2D eigenvalue weighted by atomic mass is 10.1. The molecule has 15 heavy (non-hydrogen) atoms. The molecule has 0 spiro atoms. The van der Waals surface area contributed by atoms with E-state index in [1.807, 2.05) is 0 Å². The lowest BCUT2D eigenvalue weighted by molar-refractivity contribution is -0.571. The summed E-state index contributed by atoms with van der Waals surface area (Å²) in [7, 11) is 0. The summed E-state index contributed by atoms with van der Waals surface area (Å²) in [5.74, 6) is -0.124. The molecule has 1 aliphatic rings. The summed E-state index contributed by atoms with van der Waals surface area (Å²) in [6.07, 6.45) is 5.41. The quantitative estimate of drug-likeness (QED) is 0.385. The van der Waals surface area contributed by atoms with Crippen LogP contribution in [0.4, 0.5) is 4.79 Å². The van der Waals surface area contributed by atoms with Crippen LogP contribution in [0.3, 0.4) is 0 Å². The molecule has 6 heteroatoms. The minimum Gasteiger partial charge on any atom is -1.00 e. The van der Waals surface area contributed by atoms with Crippen LogP contribution in [-0.2, 0) is 4.79 Å². The fourth-order valence-electron chi connectivity index (χ4n) is 1.52. The number of nitrogens with two attached hydrogens (primary N) is 1. The van der Waals surface area contributed by atoms with Crippen LogP contribution in [0.5, 0.6) is 0 Å². The van der Waals surface area contributed by atoms with Crippen molar-refractivity contribution in [3.8, 4) is 0 Å². The first-order chi connectivity index (χ1) is 6.24. The van der Waals surface area contributed by atoms with Crippen molar-refractivity contribution in [3.05, 3.63) is 0 Å². The number of unbranched alkanes of at least 4 members (excludes halogenated alkanes) is 3. The second-order valence-corrected chi connectivity index (χ2v) is 3.48. The Morgan fingerprint density at radius 2 is 1.87 bits per heavy atom. The molecule has 4 nitrogen and oxygen atoms in total. The number of imide groups is 1. The fraction of sp³-hybridized carbons (Fsp3) is 0.778. The highest BCUT2D eigenvalue weighted by Gasteiger charge is 2.33. The summed E-state index contributed by atoms with van der Waals surface area (Å²) in [6.45, 7) is 2.15. The highest BCUT2D eigenvalue weighted by Crippen LogP contribution is 2.04. The lowest BCUT2D eigenvalue weighted by Crippen LogP contribution is -3.00. The second kappa shape index (κ2) is 9.30. The van der Waals surface area contributed by atoms with Gasteiger partial charge in [0.25, 0.3) is 5.91 Å². The van der Waals surface area contributed by atoms with Gasteiger partial charge in [0.2, 0.25) is 0 Å². The van der Waals surface area contributed by atoms with Crippen molar-refractivity contribution < 1.29 is 48.9 Å². The van der Waals surface area contributed by atoms with E-state index in [9.17, 15) is 9.59 Å². The Bertz CT molecular complexity index is 212. The fourth-order valence-corrected chi connectivity index (χ4v) is 1.52. The van der Waals surface area contributed by atoms with Gasteiger partial charge in [-0.3, -0.25) is 10.1 Å². The predicted molar refractivity (Wildman–Crippen MR) is 48.0 cm³/mol. The van der Waals surface area contributed by atoms with Crippen molar-refractivity contribution in [3.63, 3.8) is 0 Å². The van der Waals surface area contributed by atoms with Crippen LogP contribution in [-0.4, -0.2) is 18.0 Å². The largest absolute Gasteiger partial charge is 1.00 e. The summed E-state index contributed by atoms with van der Waals surface area (Å²) in [5, 5.41) is 3.77. The normalized spacial score (nSPS) is 19.1. The predicted octanol–water partition coefficient (Wildman–Crippen LogP) is -5.85. The number of nitrogens with one attached hydrogen (secondary N) is 1. The van der Waals surface area contributed by atoms with Crippen molar-refractivity contribution >= 4 is 11.9 Å². The van der Waals surface area contributed by atoms with Crippen molar-refractivity contribution in [2.45, 2.75) is 45.1 Å². The molecule has 0 saturated carbocycles. The number of hydrogen-bond donors (Lipinski definition) is 2. The third kappa shape index (κ3) is 6.27. The molecule has 0 aliphatic carbocycles. The van der Waals surface area contributed by atoms with Gasteiger partial charge in [-0.1, -0.05) is 26.2 Å². The first-order valence-corrected chi connectivity index (χ1v) is 4.93. The molecule has 0 radical (unpaired) electrons. The summed E-state index contributed by atoms with van der Waals surface area (Å²) >= 11 is 0. The Labute approximate surface area is 111 Å². The van der Waals surface area contributed by atoms with E-state index in [1.165, 1.54) is 18.2 Å². The van der Waals surface area contributed by atoms with Crippen LogP contribution >= 0.6 is 0 Å². The Morgan fingerprint density at radius 3 is 2.33 bits per heavy atom. The van der Waals surface area contributed by atoms with Crippen molar-refractivity contribution in [1.82, 2.24) is 5.32 Å². The Kier molecular flexibility index (Phi) is 10.8. The third-order valence-electron chi connectivity index (χ3n) is 2.30. The van der Waals surface area contributed by atoms with Gasteiger partial charge in [-0.25, -0.2) is 10.1 Å². The van der Waals surface area contributed by atoms with E-state index < -0.39 is 0 Å². The molecule has 1 rings (SSSR count). The number of urea groups is 1. The monoisotopic (exact) mass is 343 g/mol. The minimum atomic E-state index is -0.231. The maximum Gasteiger partial charge on any atom is 0.420 e. The smallest absolute Gasteiger partial charge is 0.420 e. The highest BCUT2D eigenvalue weighted by atomic mass is 79.9. The van der Waals surface area contributed by atoms with Crippen LogP contribution in [0.2, 0.25) is 0 Å². The van der Waals surface area contributed by atoms with Gasteiger partial charge >= 0.3 is 6.03 Å². The molecule has 1 fully saturated rings. The molecule has 1 atom stereocenters. The number of carbonyl (C=O) groups excluding carboxylic acids is 2. The van der Waals surface area contributed by atoms with E-state index in [4.69, 9.17) is 0 Å². The maximum absolute atomic E-state index is 11.1. The third-order valence-corrected chi connectivity index (χ3v) is 2.30. The number of hydrogen-bond acceptors (Lipinski definition) is 2. The Balaban J connectivity index is 0. The molecule has 1 heterocycles. The number of halogens is 2. The Hall–Kier alpha value is 0.0600. The van der Waals surface area contributed by atoms with Gasteiger partial charge in [0.05, 0.1) is 0 Å². The molecule has 0 aromatic carbocycles. The molecule has 0 aromatic rings. The molecule has 90 valence electrons. The number of rotatable bonds is 5. The minimum absolute atomic E-state index is 0. The van der Waals surface area contributed by atoms with E-state index in [-0.39, 0.29) is 51.9 Å². The van der Waals surface area contributed by atoms with E-state index in [2.05, 4.69) is 12.2 Å². The zero-order valence-corrected chi connectivity index (χ0v) is 11.9. The highest BCUT2D eigenvalue weighted by molar-refractivity contribution is 5.97. The van der Waals surface area contributed by atoms with Crippen molar-refractivity contribution in [2.24, 2.45) is 0 Å². The van der Waals surface area contributed by atoms with Gasteiger partial charge in [0, 0.05) is 6.42 Å². The SMILES string of the molecule is CCCCCCC1[NH2+]C(=O)NC1=O.[Br-].[Br-]. The van der Waals surface area contributed by atoms with E-state index >= 15 is 0 Å². The van der Waals surface area contributed by atoms with Gasteiger partial charge < -0.3 is 34.0 Å². The average molecular weight is 345 g/mol. The first-order valence-electron chi connectivity index (χ1n) is 4.93. The number of amides is 3. The molecule has 1 aliphatic heterocycles. The number of carbonyl (C=O) groups is 2. The molecule has 3 amide bonds. The van der Waals surface area contributed by atoms with Crippen LogP contribution in [0.1, 0.15) is 39.0 Å². The lowest BCUT2D eigenvalue weighted by Gasteiger charge is -2.01. The van der Waals surface area contributed by atoms with E-state index in [1.54, 1.807) is 0 Å². The molecule has 1 saturated heterocycles.